The van der Waals surface area contributed by atoms with Crippen LogP contribution in [-0.2, 0) is 13.5 Å². The standard InChI is InChI=1S/C9H10ClN3OS/c1-13-3-2-11-8(13)4-6(14)9-12-5-7(10)15-9/h2-3,5-6,14H,4H2,1H3. The van der Waals surface area contributed by atoms with Gasteiger partial charge in [0.15, 0.2) is 0 Å². The van der Waals surface area contributed by atoms with Gasteiger partial charge in [0.1, 0.15) is 21.3 Å². The molecule has 0 radical (unpaired) electrons. The van der Waals surface area contributed by atoms with Crippen molar-refractivity contribution >= 4 is 22.9 Å². The molecule has 2 aromatic heterocycles. The first-order valence-electron chi connectivity index (χ1n) is 4.42. The number of imidazole rings is 1. The lowest BCUT2D eigenvalue weighted by atomic mass is 10.2. The van der Waals surface area contributed by atoms with Crippen LogP contribution in [0.1, 0.15) is 16.9 Å². The Morgan fingerprint density at radius 3 is 2.93 bits per heavy atom. The molecule has 0 bridgehead atoms. The Hall–Kier alpha value is -0.910. The fourth-order valence-electron chi connectivity index (χ4n) is 1.27. The summed E-state index contributed by atoms with van der Waals surface area (Å²) in [7, 11) is 1.89. The summed E-state index contributed by atoms with van der Waals surface area (Å²) in [6.45, 7) is 0. The molecule has 0 aliphatic rings. The average Bonchev–Trinajstić information content (AvgIpc) is 2.77. The first-order chi connectivity index (χ1) is 7.16. The van der Waals surface area contributed by atoms with Gasteiger partial charge in [-0.05, 0) is 0 Å². The molecule has 2 heterocycles. The van der Waals surface area contributed by atoms with Gasteiger partial charge in [-0.2, -0.15) is 0 Å². The molecule has 6 heteroatoms. The Morgan fingerprint density at radius 2 is 2.40 bits per heavy atom. The zero-order valence-corrected chi connectivity index (χ0v) is 9.66. The van der Waals surface area contributed by atoms with Crippen LogP contribution in [0.3, 0.4) is 0 Å². The summed E-state index contributed by atoms with van der Waals surface area (Å²) < 4.78 is 2.46. The molecule has 0 amide bonds. The number of halogens is 1. The van der Waals surface area contributed by atoms with E-state index in [1.54, 1.807) is 12.4 Å². The van der Waals surface area contributed by atoms with E-state index < -0.39 is 6.10 Å². The monoisotopic (exact) mass is 243 g/mol. The molecule has 0 saturated carbocycles. The third-order valence-corrected chi connectivity index (χ3v) is 3.29. The number of hydrogen-bond acceptors (Lipinski definition) is 4. The van der Waals surface area contributed by atoms with E-state index in [0.717, 1.165) is 5.82 Å². The largest absolute Gasteiger partial charge is 0.385 e. The van der Waals surface area contributed by atoms with Crippen molar-refractivity contribution in [1.29, 1.82) is 0 Å². The molecule has 0 saturated heterocycles. The second kappa shape index (κ2) is 4.30. The van der Waals surface area contributed by atoms with E-state index in [9.17, 15) is 5.11 Å². The maximum absolute atomic E-state index is 9.87. The molecule has 1 atom stereocenters. The van der Waals surface area contributed by atoms with Gasteiger partial charge in [0, 0.05) is 25.9 Å². The first-order valence-corrected chi connectivity index (χ1v) is 5.62. The number of hydrogen-bond donors (Lipinski definition) is 1. The molecule has 0 spiro atoms. The molecule has 1 unspecified atom stereocenters. The minimum atomic E-state index is -0.636. The Bertz CT molecular complexity index is 454. The number of rotatable bonds is 3. The van der Waals surface area contributed by atoms with Gasteiger partial charge in [-0.3, -0.25) is 0 Å². The molecule has 2 aromatic rings. The molecular formula is C9H10ClN3OS. The van der Waals surface area contributed by atoms with Crippen molar-refractivity contribution in [1.82, 2.24) is 14.5 Å². The number of nitrogens with zero attached hydrogens (tertiary/aromatic N) is 3. The van der Waals surface area contributed by atoms with E-state index >= 15 is 0 Å². The van der Waals surface area contributed by atoms with E-state index in [-0.39, 0.29) is 0 Å². The van der Waals surface area contributed by atoms with Crippen LogP contribution in [0.2, 0.25) is 4.34 Å². The van der Waals surface area contributed by atoms with Gasteiger partial charge in [0.25, 0.3) is 0 Å². The second-order valence-electron chi connectivity index (χ2n) is 3.18. The normalized spacial score (nSPS) is 13.0. The van der Waals surface area contributed by atoms with Crippen molar-refractivity contribution in [3.63, 3.8) is 0 Å². The summed E-state index contributed by atoms with van der Waals surface area (Å²) in [6.07, 6.45) is 4.91. The third kappa shape index (κ3) is 2.37. The zero-order valence-electron chi connectivity index (χ0n) is 8.09. The molecule has 0 aliphatic heterocycles. The van der Waals surface area contributed by atoms with Crippen LogP contribution in [-0.4, -0.2) is 19.6 Å². The molecule has 0 fully saturated rings. The fraction of sp³-hybridized carbons (Fsp3) is 0.333. The lowest BCUT2D eigenvalue weighted by molar-refractivity contribution is 0.174. The maximum Gasteiger partial charge on any atom is 0.123 e. The summed E-state index contributed by atoms with van der Waals surface area (Å²) in [6, 6.07) is 0. The highest BCUT2D eigenvalue weighted by Gasteiger charge is 2.14. The Kier molecular flexibility index (Phi) is 3.04. The minimum absolute atomic E-state index is 0.452. The van der Waals surface area contributed by atoms with Gasteiger partial charge >= 0.3 is 0 Å². The smallest absolute Gasteiger partial charge is 0.123 e. The van der Waals surface area contributed by atoms with Crippen LogP contribution in [0.25, 0.3) is 0 Å². The predicted octanol–water partition coefficient (Wildman–Crippen LogP) is 1.81. The Morgan fingerprint density at radius 1 is 1.60 bits per heavy atom. The zero-order chi connectivity index (χ0) is 10.8. The Balaban J connectivity index is 2.10. The first kappa shape index (κ1) is 10.6. The topological polar surface area (TPSA) is 50.9 Å². The molecule has 80 valence electrons. The van der Waals surface area contributed by atoms with E-state index in [0.29, 0.717) is 15.8 Å². The number of thiazole rings is 1. The molecule has 4 nitrogen and oxygen atoms in total. The lowest BCUT2D eigenvalue weighted by Crippen LogP contribution is -2.06. The van der Waals surface area contributed by atoms with E-state index in [4.69, 9.17) is 11.6 Å². The quantitative estimate of drug-likeness (QED) is 0.895. The highest BCUT2D eigenvalue weighted by Crippen LogP contribution is 2.25. The van der Waals surface area contributed by atoms with Crippen LogP contribution in [0.15, 0.2) is 18.6 Å². The maximum atomic E-state index is 9.87. The van der Waals surface area contributed by atoms with Crippen molar-refractivity contribution in [2.24, 2.45) is 7.05 Å². The van der Waals surface area contributed by atoms with Crippen molar-refractivity contribution in [3.8, 4) is 0 Å². The van der Waals surface area contributed by atoms with Crippen molar-refractivity contribution in [2.45, 2.75) is 12.5 Å². The van der Waals surface area contributed by atoms with E-state index in [1.807, 2.05) is 17.8 Å². The number of aliphatic hydroxyl groups is 1. The van der Waals surface area contributed by atoms with E-state index in [2.05, 4.69) is 9.97 Å². The van der Waals surface area contributed by atoms with Gasteiger partial charge in [0.2, 0.25) is 0 Å². The third-order valence-electron chi connectivity index (χ3n) is 2.08. The molecule has 15 heavy (non-hydrogen) atoms. The second-order valence-corrected chi connectivity index (χ2v) is 4.87. The minimum Gasteiger partial charge on any atom is -0.385 e. The van der Waals surface area contributed by atoms with Crippen LogP contribution in [0.4, 0.5) is 0 Å². The van der Waals surface area contributed by atoms with E-state index in [1.165, 1.54) is 11.3 Å². The van der Waals surface area contributed by atoms with Crippen molar-refractivity contribution < 1.29 is 5.11 Å². The van der Waals surface area contributed by atoms with Crippen LogP contribution < -0.4 is 0 Å². The van der Waals surface area contributed by atoms with Crippen LogP contribution in [0.5, 0.6) is 0 Å². The van der Waals surface area contributed by atoms with Crippen molar-refractivity contribution in [2.75, 3.05) is 0 Å². The SMILES string of the molecule is Cn1ccnc1CC(O)c1ncc(Cl)s1. The lowest BCUT2D eigenvalue weighted by Gasteiger charge is -2.06. The molecule has 0 aromatic carbocycles. The fourth-order valence-corrected chi connectivity index (χ4v) is 2.19. The molecule has 0 aliphatic carbocycles. The van der Waals surface area contributed by atoms with Gasteiger partial charge in [-0.15, -0.1) is 11.3 Å². The summed E-state index contributed by atoms with van der Waals surface area (Å²) >= 11 is 7.03. The van der Waals surface area contributed by atoms with Gasteiger partial charge in [-0.1, -0.05) is 11.6 Å². The van der Waals surface area contributed by atoms with Gasteiger partial charge in [-0.25, -0.2) is 9.97 Å². The predicted molar refractivity (Wildman–Crippen MR) is 59.0 cm³/mol. The summed E-state index contributed by atoms with van der Waals surface area (Å²) in [5.74, 6) is 0.828. The molecule has 1 N–H and O–H groups in total. The number of aryl methyl sites for hydroxylation is 1. The van der Waals surface area contributed by atoms with Crippen molar-refractivity contribution in [3.05, 3.63) is 33.8 Å². The summed E-state index contributed by atoms with van der Waals surface area (Å²) in [5.41, 5.74) is 0. The average molecular weight is 244 g/mol. The number of aliphatic hydroxyl groups excluding tert-OH is 1. The van der Waals surface area contributed by atoms with Gasteiger partial charge < -0.3 is 9.67 Å². The van der Waals surface area contributed by atoms with Crippen LogP contribution in [0, 0.1) is 0 Å². The molecule has 2 rings (SSSR count). The number of aromatic nitrogens is 3. The van der Waals surface area contributed by atoms with Crippen LogP contribution >= 0.6 is 22.9 Å². The highest BCUT2D eigenvalue weighted by atomic mass is 35.5. The summed E-state index contributed by atoms with van der Waals surface area (Å²) in [4.78, 5) is 8.16. The summed E-state index contributed by atoms with van der Waals surface area (Å²) in [5, 5.41) is 10.5. The molecular weight excluding hydrogens is 234 g/mol. The van der Waals surface area contributed by atoms with Gasteiger partial charge in [0.05, 0.1) is 6.20 Å². The Labute approximate surface area is 96.2 Å². The highest BCUT2D eigenvalue weighted by molar-refractivity contribution is 7.15.